The third-order valence-electron chi connectivity index (χ3n) is 8.20. The van der Waals surface area contributed by atoms with Crippen LogP contribution in [0.2, 0.25) is 0 Å². The third kappa shape index (κ3) is 7.62. The van der Waals surface area contributed by atoms with E-state index in [0.717, 1.165) is 62.0 Å². The van der Waals surface area contributed by atoms with Crippen molar-refractivity contribution in [3.05, 3.63) is 53.6 Å². The zero-order valence-corrected chi connectivity index (χ0v) is 24.3. The van der Waals surface area contributed by atoms with E-state index >= 15 is 0 Å². The van der Waals surface area contributed by atoms with E-state index in [1.54, 1.807) is 14.2 Å². The highest BCUT2D eigenvalue weighted by atomic mass is 16.5. The lowest BCUT2D eigenvalue weighted by atomic mass is 9.79. The maximum atomic E-state index is 12.9. The van der Waals surface area contributed by atoms with E-state index < -0.39 is 0 Å². The molecule has 0 aromatic heterocycles. The minimum absolute atomic E-state index is 0.0313. The largest absolute Gasteiger partial charge is 0.497 e. The van der Waals surface area contributed by atoms with Crippen LogP contribution in [0.25, 0.3) is 0 Å². The van der Waals surface area contributed by atoms with E-state index in [0.29, 0.717) is 46.1 Å². The number of rotatable bonds is 11. The first-order valence-corrected chi connectivity index (χ1v) is 14.7. The molecule has 3 aliphatic heterocycles. The molecule has 2 N–H and O–H groups in total. The van der Waals surface area contributed by atoms with Gasteiger partial charge in [-0.15, -0.1) is 0 Å². The molecule has 0 spiro atoms. The molecule has 3 atom stereocenters. The highest BCUT2D eigenvalue weighted by Crippen LogP contribution is 2.36. The number of amides is 2. The number of anilines is 1. The Morgan fingerprint density at radius 1 is 1.05 bits per heavy atom. The number of carbonyl (C=O) groups excluding carboxylic acids is 1. The highest BCUT2D eigenvalue weighted by molar-refractivity contribution is 5.74. The number of morpholine rings is 1. The summed E-state index contributed by atoms with van der Waals surface area (Å²) in [7, 11) is 3.42. The summed E-state index contributed by atoms with van der Waals surface area (Å²) in [6.45, 7) is 8.23. The van der Waals surface area contributed by atoms with Gasteiger partial charge >= 0.3 is 6.03 Å². The van der Waals surface area contributed by atoms with Crippen molar-refractivity contribution in [2.24, 2.45) is 5.92 Å². The normalized spacial score (nSPS) is 22.5. The second-order valence-electron chi connectivity index (χ2n) is 10.8. The van der Waals surface area contributed by atoms with Gasteiger partial charge in [0.2, 0.25) is 0 Å². The van der Waals surface area contributed by atoms with Gasteiger partial charge < -0.3 is 44.1 Å². The number of benzene rings is 2. The van der Waals surface area contributed by atoms with Gasteiger partial charge in [0.25, 0.3) is 0 Å². The van der Waals surface area contributed by atoms with Crippen LogP contribution in [0.15, 0.2) is 42.5 Å². The van der Waals surface area contributed by atoms with Crippen molar-refractivity contribution in [2.75, 3.05) is 91.4 Å². The van der Waals surface area contributed by atoms with Crippen molar-refractivity contribution in [1.29, 1.82) is 0 Å². The maximum absolute atomic E-state index is 12.9. The number of hydrogen-bond acceptors (Lipinski definition) is 8. The molecular weight excluding hydrogens is 524 g/mol. The van der Waals surface area contributed by atoms with Gasteiger partial charge in [-0.25, -0.2) is 4.79 Å². The fourth-order valence-corrected chi connectivity index (χ4v) is 5.98. The summed E-state index contributed by atoms with van der Waals surface area (Å²) in [6.07, 6.45) is 0.907. The van der Waals surface area contributed by atoms with E-state index in [9.17, 15) is 4.79 Å². The molecule has 2 saturated heterocycles. The number of urea groups is 1. The topological polar surface area (TPSA) is 93.8 Å². The third-order valence-corrected chi connectivity index (χ3v) is 8.20. The molecular formula is C31H44N4O6. The molecule has 0 aliphatic carbocycles. The number of hydrogen-bond donors (Lipinski definition) is 2. The second kappa shape index (κ2) is 14.7. The number of methoxy groups -OCH3 is 2. The number of carbonyl (C=O) groups is 1. The van der Waals surface area contributed by atoms with Crippen LogP contribution in [0.5, 0.6) is 11.5 Å². The molecule has 2 aromatic rings. The summed E-state index contributed by atoms with van der Waals surface area (Å²) in [6, 6.07) is 14.6. The second-order valence-corrected chi connectivity index (χ2v) is 10.8. The molecule has 2 fully saturated rings. The Kier molecular flexibility index (Phi) is 10.6. The summed E-state index contributed by atoms with van der Waals surface area (Å²) in [5, 5.41) is 6.74. The van der Waals surface area contributed by atoms with Crippen LogP contribution in [0, 0.1) is 5.92 Å². The zero-order chi connectivity index (χ0) is 28.4. The molecule has 2 aromatic carbocycles. The highest BCUT2D eigenvalue weighted by Gasteiger charge is 2.36. The Morgan fingerprint density at radius 3 is 2.66 bits per heavy atom. The Hall–Kier alpha value is -3.05. The molecule has 5 rings (SSSR count). The van der Waals surface area contributed by atoms with Crippen LogP contribution in [0.4, 0.5) is 10.5 Å². The van der Waals surface area contributed by atoms with Gasteiger partial charge in [0.1, 0.15) is 18.1 Å². The monoisotopic (exact) mass is 568 g/mol. The van der Waals surface area contributed by atoms with Gasteiger partial charge in [-0.1, -0.05) is 18.2 Å². The number of nitrogens with one attached hydrogen (secondary N) is 2. The summed E-state index contributed by atoms with van der Waals surface area (Å²) in [5.74, 6) is 2.02. The van der Waals surface area contributed by atoms with Gasteiger partial charge in [-0.05, 0) is 47.7 Å². The predicted molar refractivity (Wildman–Crippen MR) is 157 cm³/mol. The zero-order valence-electron chi connectivity index (χ0n) is 24.3. The van der Waals surface area contributed by atoms with Crippen LogP contribution in [-0.2, 0) is 20.8 Å². The number of nitrogens with zero attached hydrogens (tertiary/aromatic N) is 2. The molecule has 10 nitrogen and oxygen atoms in total. The van der Waals surface area contributed by atoms with E-state index in [4.69, 9.17) is 23.7 Å². The molecule has 2 amide bonds. The molecule has 0 saturated carbocycles. The predicted octanol–water partition coefficient (Wildman–Crippen LogP) is 2.86. The van der Waals surface area contributed by atoms with Crippen molar-refractivity contribution in [1.82, 2.24) is 15.5 Å². The van der Waals surface area contributed by atoms with Crippen LogP contribution >= 0.6 is 0 Å². The number of piperidine rings is 1. The van der Waals surface area contributed by atoms with Crippen LogP contribution in [0.3, 0.4) is 0 Å². The van der Waals surface area contributed by atoms with Gasteiger partial charge in [0.05, 0.1) is 45.3 Å². The summed E-state index contributed by atoms with van der Waals surface area (Å²) in [4.78, 5) is 17.1. The average Bonchev–Trinajstić information content (AvgIpc) is 3.03. The van der Waals surface area contributed by atoms with E-state index in [-0.39, 0.29) is 24.0 Å². The molecule has 10 heteroatoms. The van der Waals surface area contributed by atoms with Crippen LogP contribution in [0.1, 0.15) is 23.5 Å². The van der Waals surface area contributed by atoms with Crippen molar-refractivity contribution in [3.63, 3.8) is 0 Å². The van der Waals surface area contributed by atoms with Crippen molar-refractivity contribution in [3.8, 4) is 11.5 Å². The summed E-state index contributed by atoms with van der Waals surface area (Å²) in [5.41, 5.74) is 3.42. The first-order valence-electron chi connectivity index (χ1n) is 14.7. The SMILES string of the molecule is COCCCN1CCOc2ccc(CO[C@H]3CNC[C@@H](CNC(=O)N4CCOCC4)[C@@H]3c3ccc(OC)cc3)cc21. The van der Waals surface area contributed by atoms with E-state index in [1.165, 1.54) is 5.56 Å². The lowest BCUT2D eigenvalue weighted by molar-refractivity contribution is -0.00592. The first-order chi connectivity index (χ1) is 20.2. The Labute approximate surface area is 243 Å². The maximum Gasteiger partial charge on any atom is 0.317 e. The fourth-order valence-electron chi connectivity index (χ4n) is 5.98. The van der Waals surface area contributed by atoms with E-state index in [1.807, 2.05) is 17.0 Å². The van der Waals surface area contributed by atoms with Crippen molar-refractivity contribution in [2.45, 2.75) is 25.0 Å². The quantitative estimate of drug-likeness (QED) is 0.400. The van der Waals surface area contributed by atoms with E-state index in [2.05, 4.69) is 45.9 Å². The van der Waals surface area contributed by atoms with Gasteiger partial charge in [-0.3, -0.25) is 0 Å². The fraction of sp³-hybridized carbons (Fsp3) is 0.581. The molecule has 41 heavy (non-hydrogen) atoms. The molecule has 0 bridgehead atoms. The lowest BCUT2D eigenvalue weighted by Gasteiger charge is -2.39. The molecule has 3 aliphatic rings. The number of fused-ring (bicyclic) bond motifs is 1. The Morgan fingerprint density at radius 2 is 1.88 bits per heavy atom. The Balaban J connectivity index is 1.28. The molecule has 0 radical (unpaired) electrons. The van der Waals surface area contributed by atoms with Crippen molar-refractivity contribution < 1.29 is 28.5 Å². The summed E-state index contributed by atoms with van der Waals surface area (Å²) >= 11 is 0. The van der Waals surface area contributed by atoms with Gasteiger partial charge in [0.15, 0.2) is 0 Å². The lowest BCUT2D eigenvalue weighted by Crippen LogP contribution is -2.52. The van der Waals surface area contributed by atoms with Crippen LogP contribution < -0.4 is 25.0 Å². The molecule has 3 heterocycles. The summed E-state index contributed by atoms with van der Waals surface area (Å²) < 4.78 is 28.7. The smallest absolute Gasteiger partial charge is 0.317 e. The molecule has 224 valence electrons. The van der Waals surface area contributed by atoms with Gasteiger partial charge in [0, 0.05) is 58.9 Å². The minimum Gasteiger partial charge on any atom is -0.497 e. The Bertz CT molecular complexity index is 1110. The average molecular weight is 569 g/mol. The molecule has 0 unspecified atom stereocenters. The standard InChI is InChI=1S/C31H44N4O6/c1-37-14-3-10-34-13-17-40-28-9-4-23(18-27(28)34)22-41-29-21-32-19-25(20-33-31(36)35-11-15-39-16-12-35)30(29)24-5-7-26(38-2)8-6-24/h4-9,18,25,29-30,32H,3,10-17,19-22H2,1-2H3,(H,33,36)/t25-,29-,30-/m0/s1. The number of ether oxygens (including phenoxy) is 5. The van der Waals surface area contributed by atoms with Gasteiger partial charge in [-0.2, -0.15) is 0 Å². The van der Waals surface area contributed by atoms with Crippen molar-refractivity contribution >= 4 is 11.7 Å². The minimum atomic E-state index is -0.0625. The van der Waals surface area contributed by atoms with Crippen LogP contribution in [-0.4, -0.2) is 103 Å². The first kappa shape index (κ1) is 29.4.